The third-order valence-corrected chi connectivity index (χ3v) is 3.49. The van der Waals surface area contributed by atoms with E-state index in [4.69, 9.17) is 23.2 Å². The standard InChI is InChI=1S/C14H8Cl2F4N2O/c15-9-6-21-12(11(16)10(9)14(18,19)20)13(23)22-5-7-1-3-8(17)4-2-7/h1-4,6H,5H2,(H,22,23). The highest BCUT2D eigenvalue weighted by molar-refractivity contribution is 6.37. The van der Waals surface area contributed by atoms with Crippen LogP contribution in [0.2, 0.25) is 10.0 Å². The minimum Gasteiger partial charge on any atom is -0.347 e. The summed E-state index contributed by atoms with van der Waals surface area (Å²) in [5, 5.41) is 0.785. The third kappa shape index (κ3) is 4.11. The Balaban J connectivity index is 2.21. The predicted molar refractivity (Wildman–Crippen MR) is 76.8 cm³/mol. The molecule has 2 aromatic rings. The molecule has 9 heteroatoms. The van der Waals surface area contributed by atoms with E-state index in [-0.39, 0.29) is 6.54 Å². The molecule has 0 aliphatic heterocycles. The first kappa shape index (κ1) is 17.5. The minimum atomic E-state index is -4.82. The van der Waals surface area contributed by atoms with Crippen LogP contribution in [0.4, 0.5) is 17.6 Å². The van der Waals surface area contributed by atoms with Crippen LogP contribution < -0.4 is 5.32 Å². The largest absolute Gasteiger partial charge is 0.419 e. The van der Waals surface area contributed by atoms with Crippen molar-refractivity contribution in [2.24, 2.45) is 0 Å². The van der Waals surface area contributed by atoms with Crippen molar-refractivity contribution in [1.29, 1.82) is 0 Å². The number of halogens is 6. The number of alkyl halides is 3. The zero-order valence-electron chi connectivity index (χ0n) is 11.2. The van der Waals surface area contributed by atoms with Crippen molar-refractivity contribution < 1.29 is 22.4 Å². The molecule has 1 aromatic carbocycles. The molecular weight excluding hydrogens is 359 g/mol. The Morgan fingerprint density at radius 3 is 2.35 bits per heavy atom. The fraction of sp³-hybridized carbons (Fsp3) is 0.143. The number of aromatic nitrogens is 1. The molecule has 2 rings (SSSR count). The van der Waals surface area contributed by atoms with Crippen LogP contribution in [0.15, 0.2) is 30.5 Å². The first-order chi connectivity index (χ1) is 10.7. The predicted octanol–water partition coefficient (Wildman–Crippen LogP) is 4.48. The summed E-state index contributed by atoms with van der Waals surface area (Å²) in [6, 6.07) is 5.23. The van der Waals surface area contributed by atoms with E-state index in [2.05, 4.69) is 10.3 Å². The van der Waals surface area contributed by atoms with Crippen LogP contribution in [0.1, 0.15) is 21.6 Å². The molecule has 1 aromatic heterocycles. The molecule has 122 valence electrons. The van der Waals surface area contributed by atoms with Crippen molar-refractivity contribution in [1.82, 2.24) is 10.3 Å². The highest BCUT2D eigenvalue weighted by Gasteiger charge is 2.38. The lowest BCUT2D eigenvalue weighted by molar-refractivity contribution is -0.137. The zero-order valence-corrected chi connectivity index (χ0v) is 12.7. The number of benzene rings is 1. The van der Waals surface area contributed by atoms with E-state index in [0.29, 0.717) is 11.8 Å². The number of carbonyl (C=O) groups is 1. The molecule has 3 nitrogen and oxygen atoms in total. The lowest BCUT2D eigenvalue weighted by atomic mass is 10.2. The number of amides is 1. The van der Waals surface area contributed by atoms with Crippen molar-refractivity contribution in [3.8, 4) is 0 Å². The van der Waals surface area contributed by atoms with Gasteiger partial charge in [-0.25, -0.2) is 9.37 Å². The van der Waals surface area contributed by atoms with Crippen LogP contribution in [0.3, 0.4) is 0 Å². The van der Waals surface area contributed by atoms with Gasteiger partial charge < -0.3 is 5.32 Å². The van der Waals surface area contributed by atoms with Gasteiger partial charge in [0, 0.05) is 12.7 Å². The molecule has 0 spiro atoms. The smallest absolute Gasteiger partial charge is 0.347 e. The molecule has 0 saturated carbocycles. The van der Waals surface area contributed by atoms with Gasteiger partial charge in [-0.3, -0.25) is 4.79 Å². The zero-order chi connectivity index (χ0) is 17.2. The molecule has 1 N–H and O–H groups in total. The average molecular weight is 367 g/mol. The second-order valence-electron chi connectivity index (χ2n) is 4.45. The van der Waals surface area contributed by atoms with Crippen molar-refractivity contribution in [2.75, 3.05) is 0 Å². The Labute approximate surface area is 138 Å². The molecule has 23 heavy (non-hydrogen) atoms. The molecule has 1 heterocycles. The summed E-state index contributed by atoms with van der Waals surface area (Å²) >= 11 is 11.1. The first-order valence-electron chi connectivity index (χ1n) is 6.14. The molecule has 0 atom stereocenters. The van der Waals surface area contributed by atoms with Crippen LogP contribution in [0, 0.1) is 5.82 Å². The normalized spacial score (nSPS) is 11.4. The molecular formula is C14H8Cl2F4N2O. The third-order valence-electron chi connectivity index (χ3n) is 2.84. The number of nitrogens with one attached hydrogen (secondary N) is 1. The summed E-state index contributed by atoms with van der Waals surface area (Å²) in [7, 11) is 0. The summed E-state index contributed by atoms with van der Waals surface area (Å²) in [5.74, 6) is -1.35. The van der Waals surface area contributed by atoms with E-state index >= 15 is 0 Å². The van der Waals surface area contributed by atoms with Gasteiger partial charge in [0.2, 0.25) is 0 Å². The number of carbonyl (C=O) groups excluding carboxylic acids is 1. The van der Waals surface area contributed by atoms with Gasteiger partial charge in [-0.05, 0) is 17.7 Å². The van der Waals surface area contributed by atoms with Gasteiger partial charge in [0.05, 0.1) is 15.6 Å². The maximum absolute atomic E-state index is 12.9. The van der Waals surface area contributed by atoms with Gasteiger partial charge in [0.25, 0.3) is 5.91 Å². The van der Waals surface area contributed by atoms with Crippen molar-refractivity contribution in [2.45, 2.75) is 12.7 Å². The van der Waals surface area contributed by atoms with E-state index in [1.54, 1.807) is 0 Å². The fourth-order valence-corrected chi connectivity index (χ4v) is 2.39. The van der Waals surface area contributed by atoms with Gasteiger partial charge in [-0.2, -0.15) is 13.2 Å². The van der Waals surface area contributed by atoms with E-state index in [0.717, 1.165) is 0 Å². The molecule has 0 unspecified atom stereocenters. The topological polar surface area (TPSA) is 42.0 Å². The maximum Gasteiger partial charge on any atom is 0.419 e. The second kappa shape index (κ2) is 6.72. The van der Waals surface area contributed by atoms with E-state index < -0.39 is 39.2 Å². The summed E-state index contributed by atoms with van der Waals surface area (Å²) in [6.45, 7) is -0.0267. The van der Waals surface area contributed by atoms with Crippen molar-refractivity contribution >= 4 is 29.1 Å². The van der Waals surface area contributed by atoms with E-state index in [9.17, 15) is 22.4 Å². The summed E-state index contributed by atoms with van der Waals surface area (Å²) in [5.41, 5.74) is -1.35. The highest BCUT2D eigenvalue weighted by Crippen LogP contribution is 2.40. The number of rotatable bonds is 3. The average Bonchev–Trinajstić information content (AvgIpc) is 2.45. The van der Waals surface area contributed by atoms with Crippen molar-refractivity contribution in [3.63, 3.8) is 0 Å². The lowest BCUT2D eigenvalue weighted by Crippen LogP contribution is -2.25. The number of hydrogen-bond donors (Lipinski definition) is 1. The van der Waals surface area contributed by atoms with Crippen LogP contribution in [-0.2, 0) is 12.7 Å². The fourth-order valence-electron chi connectivity index (χ4n) is 1.75. The second-order valence-corrected chi connectivity index (χ2v) is 5.24. The van der Waals surface area contributed by atoms with Gasteiger partial charge in [-0.1, -0.05) is 35.3 Å². The molecule has 0 aliphatic rings. The SMILES string of the molecule is O=C(NCc1ccc(F)cc1)c1ncc(Cl)c(C(F)(F)F)c1Cl. The monoisotopic (exact) mass is 366 g/mol. The molecule has 0 saturated heterocycles. The lowest BCUT2D eigenvalue weighted by Gasteiger charge is -2.13. The van der Waals surface area contributed by atoms with Crippen molar-refractivity contribution in [3.05, 3.63) is 63.1 Å². The summed E-state index contributed by atoms with van der Waals surface area (Å²) < 4.78 is 51.4. The van der Waals surface area contributed by atoms with Crippen LogP contribution in [0.5, 0.6) is 0 Å². The summed E-state index contributed by atoms with van der Waals surface area (Å²) in [4.78, 5) is 15.5. The quantitative estimate of drug-likeness (QED) is 0.814. The minimum absolute atomic E-state index is 0.0267. The van der Waals surface area contributed by atoms with E-state index in [1.807, 2.05) is 0 Å². The number of nitrogens with zero attached hydrogens (tertiary/aromatic N) is 1. The molecule has 0 bridgehead atoms. The summed E-state index contributed by atoms with van der Waals surface area (Å²) in [6.07, 6.45) is -4.11. The Hall–Kier alpha value is -1.86. The molecule has 1 amide bonds. The van der Waals surface area contributed by atoms with Crippen LogP contribution in [-0.4, -0.2) is 10.9 Å². The number of pyridine rings is 1. The number of hydrogen-bond acceptors (Lipinski definition) is 2. The Bertz CT molecular complexity index is 733. The molecule has 0 radical (unpaired) electrons. The van der Waals surface area contributed by atoms with Crippen LogP contribution in [0.25, 0.3) is 0 Å². The van der Waals surface area contributed by atoms with Gasteiger partial charge in [-0.15, -0.1) is 0 Å². The van der Waals surface area contributed by atoms with Crippen LogP contribution >= 0.6 is 23.2 Å². The van der Waals surface area contributed by atoms with E-state index in [1.165, 1.54) is 24.3 Å². The molecule has 0 fully saturated rings. The Morgan fingerprint density at radius 1 is 1.17 bits per heavy atom. The Morgan fingerprint density at radius 2 is 1.78 bits per heavy atom. The first-order valence-corrected chi connectivity index (χ1v) is 6.89. The van der Waals surface area contributed by atoms with Gasteiger partial charge in [0.15, 0.2) is 0 Å². The molecule has 0 aliphatic carbocycles. The van der Waals surface area contributed by atoms with Gasteiger partial charge in [0.1, 0.15) is 11.5 Å². The van der Waals surface area contributed by atoms with Gasteiger partial charge >= 0.3 is 6.18 Å². The highest BCUT2D eigenvalue weighted by atomic mass is 35.5. The maximum atomic E-state index is 12.9. The Kier molecular flexibility index (Phi) is 5.11.